The highest BCUT2D eigenvalue weighted by Gasteiger charge is 2.14. The van der Waals surface area contributed by atoms with Crippen LogP contribution in [0.1, 0.15) is 35.1 Å². The molecule has 20 heavy (non-hydrogen) atoms. The largest absolute Gasteiger partial charge is 0.484 e. The second kappa shape index (κ2) is 6.18. The van der Waals surface area contributed by atoms with E-state index < -0.39 is 5.97 Å². The van der Waals surface area contributed by atoms with E-state index in [0.717, 1.165) is 18.5 Å². The van der Waals surface area contributed by atoms with Gasteiger partial charge in [0.05, 0.1) is 0 Å². The van der Waals surface area contributed by atoms with Crippen molar-refractivity contribution in [1.82, 2.24) is 14.8 Å². The van der Waals surface area contributed by atoms with Crippen molar-refractivity contribution >= 4 is 5.97 Å². The summed E-state index contributed by atoms with van der Waals surface area (Å²) in [5.74, 6) is 0.0659. The number of aromatic nitrogens is 3. The van der Waals surface area contributed by atoms with Crippen LogP contribution in [-0.4, -0.2) is 25.8 Å². The Bertz CT molecular complexity index is 607. The Morgan fingerprint density at radius 3 is 2.95 bits per heavy atom. The molecule has 2 aromatic rings. The van der Waals surface area contributed by atoms with Crippen LogP contribution < -0.4 is 4.74 Å². The topological polar surface area (TPSA) is 77.2 Å². The zero-order chi connectivity index (χ0) is 14.5. The molecule has 0 saturated carbocycles. The van der Waals surface area contributed by atoms with Gasteiger partial charge < -0.3 is 9.84 Å². The number of carboxylic acids is 1. The van der Waals surface area contributed by atoms with Gasteiger partial charge in [-0.2, -0.15) is 5.10 Å². The van der Waals surface area contributed by atoms with Gasteiger partial charge in [-0.3, -0.25) is 0 Å². The van der Waals surface area contributed by atoms with Crippen LogP contribution in [0.5, 0.6) is 5.75 Å². The van der Waals surface area contributed by atoms with E-state index in [0.29, 0.717) is 11.6 Å². The molecule has 0 unspecified atom stereocenters. The zero-order valence-electron chi connectivity index (χ0n) is 11.5. The fourth-order valence-electron chi connectivity index (χ4n) is 1.95. The molecule has 0 aliphatic heterocycles. The molecule has 0 bridgehead atoms. The molecular formula is C14H17N3O3. The first-order valence-electron chi connectivity index (χ1n) is 6.46. The molecule has 0 atom stereocenters. The fraction of sp³-hybridized carbons (Fsp3) is 0.357. The summed E-state index contributed by atoms with van der Waals surface area (Å²) in [4.78, 5) is 15.3. The van der Waals surface area contributed by atoms with Crippen LogP contribution in [0.25, 0.3) is 0 Å². The molecule has 1 aromatic heterocycles. The van der Waals surface area contributed by atoms with Gasteiger partial charge in [0.25, 0.3) is 0 Å². The van der Waals surface area contributed by atoms with Crippen molar-refractivity contribution in [2.24, 2.45) is 0 Å². The summed E-state index contributed by atoms with van der Waals surface area (Å²) >= 11 is 0. The summed E-state index contributed by atoms with van der Waals surface area (Å²) < 4.78 is 7.42. The monoisotopic (exact) mass is 275 g/mol. The number of carboxylic acid groups (broad SMARTS) is 1. The highest BCUT2D eigenvalue weighted by atomic mass is 16.5. The third kappa shape index (κ3) is 2.96. The molecular weight excluding hydrogens is 258 g/mol. The van der Waals surface area contributed by atoms with Gasteiger partial charge in [-0.15, -0.1) is 0 Å². The summed E-state index contributed by atoms with van der Waals surface area (Å²) in [6, 6.07) is 5.05. The molecule has 6 nitrogen and oxygen atoms in total. The van der Waals surface area contributed by atoms with E-state index in [9.17, 15) is 9.90 Å². The number of nitrogens with zero attached hydrogens (tertiary/aromatic N) is 3. The van der Waals surface area contributed by atoms with Crippen molar-refractivity contribution in [3.05, 3.63) is 41.5 Å². The van der Waals surface area contributed by atoms with Crippen LogP contribution in [-0.2, 0) is 13.2 Å². The summed E-state index contributed by atoms with van der Waals surface area (Å²) in [7, 11) is 0. The Kier molecular flexibility index (Phi) is 4.34. The van der Waals surface area contributed by atoms with Crippen molar-refractivity contribution in [3.63, 3.8) is 0 Å². The van der Waals surface area contributed by atoms with Crippen LogP contribution >= 0.6 is 0 Å². The summed E-state index contributed by atoms with van der Waals surface area (Å²) in [6.07, 6.45) is 2.42. The maximum absolute atomic E-state index is 11.2. The molecule has 1 N–H and O–H groups in total. The quantitative estimate of drug-likeness (QED) is 0.875. The fourth-order valence-corrected chi connectivity index (χ4v) is 1.95. The van der Waals surface area contributed by atoms with E-state index in [-0.39, 0.29) is 12.2 Å². The van der Waals surface area contributed by atoms with E-state index >= 15 is 0 Å². The van der Waals surface area contributed by atoms with Crippen molar-refractivity contribution in [1.29, 1.82) is 0 Å². The molecule has 1 aromatic carbocycles. The third-order valence-electron chi connectivity index (χ3n) is 2.92. The first-order valence-corrected chi connectivity index (χ1v) is 6.46. The second-order valence-corrected chi connectivity index (χ2v) is 4.44. The number of aromatic carboxylic acids is 1. The van der Waals surface area contributed by atoms with Crippen LogP contribution in [0, 0.1) is 6.92 Å². The molecule has 2 rings (SSSR count). The average Bonchev–Trinajstić information content (AvgIpc) is 2.85. The Labute approximate surface area is 117 Å². The average molecular weight is 275 g/mol. The predicted octanol–water partition coefficient (Wildman–Crippen LogP) is 2.27. The highest BCUT2D eigenvalue weighted by Crippen LogP contribution is 2.24. The van der Waals surface area contributed by atoms with Gasteiger partial charge in [0.15, 0.2) is 5.82 Å². The van der Waals surface area contributed by atoms with E-state index in [4.69, 9.17) is 4.74 Å². The number of hydrogen-bond acceptors (Lipinski definition) is 4. The Morgan fingerprint density at radius 2 is 2.25 bits per heavy atom. The molecule has 6 heteroatoms. The normalized spacial score (nSPS) is 10.5. The van der Waals surface area contributed by atoms with Gasteiger partial charge in [0.1, 0.15) is 24.2 Å². The molecule has 0 spiro atoms. The number of carbonyl (C=O) groups is 1. The maximum atomic E-state index is 11.2. The van der Waals surface area contributed by atoms with Gasteiger partial charge in [-0.1, -0.05) is 19.1 Å². The summed E-state index contributed by atoms with van der Waals surface area (Å²) in [6.45, 7) is 4.83. The third-order valence-corrected chi connectivity index (χ3v) is 2.92. The van der Waals surface area contributed by atoms with Crippen molar-refractivity contribution in [2.45, 2.75) is 33.4 Å². The van der Waals surface area contributed by atoms with E-state index in [1.54, 1.807) is 10.7 Å². The SMILES string of the molecule is CCCn1ncnc1COc1c(C)cccc1C(=O)O. The van der Waals surface area contributed by atoms with E-state index in [2.05, 4.69) is 17.0 Å². The molecule has 106 valence electrons. The zero-order valence-corrected chi connectivity index (χ0v) is 11.5. The molecule has 0 aliphatic rings. The number of aryl methyl sites for hydroxylation is 2. The highest BCUT2D eigenvalue weighted by molar-refractivity contribution is 5.91. The number of ether oxygens (including phenoxy) is 1. The first kappa shape index (κ1) is 14.0. The maximum Gasteiger partial charge on any atom is 0.339 e. The van der Waals surface area contributed by atoms with Gasteiger partial charge in [0.2, 0.25) is 0 Å². The number of para-hydroxylation sites is 1. The predicted molar refractivity (Wildman–Crippen MR) is 72.8 cm³/mol. The standard InChI is InChI=1S/C14H17N3O3/c1-3-7-17-12(15-9-16-17)8-20-13-10(2)5-4-6-11(13)14(18)19/h4-6,9H,3,7-8H2,1-2H3,(H,18,19). The molecule has 0 radical (unpaired) electrons. The number of benzene rings is 1. The second-order valence-electron chi connectivity index (χ2n) is 4.44. The Hall–Kier alpha value is -2.37. The van der Waals surface area contributed by atoms with Crippen molar-refractivity contribution in [2.75, 3.05) is 0 Å². The lowest BCUT2D eigenvalue weighted by atomic mass is 10.1. The van der Waals surface area contributed by atoms with Crippen molar-refractivity contribution < 1.29 is 14.6 Å². The van der Waals surface area contributed by atoms with Gasteiger partial charge in [0, 0.05) is 6.54 Å². The number of rotatable bonds is 6. The van der Waals surface area contributed by atoms with Crippen LogP contribution in [0.4, 0.5) is 0 Å². The molecule has 1 heterocycles. The van der Waals surface area contributed by atoms with Gasteiger partial charge >= 0.3 is 5.97 Å². The minimum absolute atomic E-state index is 0.159. The minimum atomic E-state index is -1.00. The van der Waals surface area contributed by atoms with Crippen LogP contribution in [0.3, 0.4) is 0 Å². The molecule has 0 saturated heterocycles. The van der Waals surface area contributed by atoms with Crippen LogP contribution in [0.2, 0.25) is 0 Å². The minimum Gasteiger partial charge on any atom is -0.484 e. The lowest BCUT2D eigenvalue weighted by Gasteiger charge is -2.12. The molecule has 0 aliphatic carbocycles. The summed E-state index contributed by atoms with van der Waals surface area (Å²) in [5, 5.41) is 13.3. The lowest BCUT2D eigenvalue weighted by Crippen LogP contribution is -2.10. The smallest absolute Gasteiger partial charge is 0.339 e. The summed E-state index contributed by atoms with van der Waals surface area (Å²) in [5.41, 5.74) is 0.943. The van der Waals surface area contributed by atoms with E-state index in [1.807, 2.05) is 13.0 Å². The Morgan fingerprint density at radius 1 is 1.45 bits per heavy atom. The van der Waals surface area contributed by atoms with Gasteiger partial charge in [-0.25, -0.2) is 14.5 Å². The first-order chi connectivity index (χ1) is 9.63. The number of hydrogen-bond donors (Lipinski definition) is 1. The lowest BCUT2D eigenvalue weighted by molar-refractivity contribution is 0.0691. The van der Waals surface area contributed by atoms with Gasteiger partial charge in [-0.05, 0) is 25.0 Å². The van der Waals surface area contributed by atoms with E-state index in [1.165, 1.54) is 12.4 Å². The Balaban J connectivity index is 2.18. The molecule has 0 fully saturated rings. The van der Waals surface area contributed by atoms with Crippen molar-refractivity contribution in [3.8, 4) is 5.75 Å². The van der Waals surface area contributed by atoms with Crippen LogP contribution in [0.15, 0.2) is 24.5 Å². The molecule has 0 amide bonds.